The largest absolute Gasteiger partial charge is 0.369 e. The molecular weight excluding hydrogens is 386 g/mol. The van der Waals surface area contributed by atoms with E-state index in [9.17, 15) is 0 Å². The molecule has 3 aromatic rings. The molecule has 0 saturated carbocycles. The zero-order valence-electron chi connectivity index (χ0n) is 18.1. The maximum atomic E-state index is 4.83. The second kappa shape index (κ2) is 7.73. The topological polar surface area (TPSA) is 52.3 Å². The molecule has 31 heavy (non-hydrogen) atoms. The van der Waals surface area contributed by atoms with Gasteiger partial charge in [0.05, 0.1) is 30.8 Å². The Labute approximate surface area is 183 Å². The summed E-state index contributed by atoms with van der Waals surface area (Å²) in [6, 6.07) is 7.12. The number of likely N-dealkylation sites (N-methyl/N-ethyl adjacent to an activating group) is 1. The summed E-state index contributed by atoms with van der Waals surface area (Å²) in [4.78, 5) is 16.9. The number of aliphatic imine (C=N–C) groups is 1. The van der Waals surface area contributed by atoms with Gasteiger partial charge in [0.1, 0.15) is 0 Å². The first-order valence-electron chi connectivity index (χ1n) is 11.4. The molecule has 1 aromatic carbocycles. The average Bonchev–Trinajstić information content (AvgIpc) is 3.46. The molecule has 0 atom stereocenters. The Balaban J connectivity index is 1.20. The molecule has 2 fully saturated rings. The van der Waals surface area contributed by atoms with Crippen molar-refractivity contribution in [3.8, 4) is 11.1 Å². The van der Waals surface area contributed by atoms with Gasteiger partial charge < -0.3 is 9.80 Å². The fraction of sp³-hybridized carbons (Fsp3) is 0.458. The number of piperidine rings is 1. The van der Waals surface area contributed by atoms with Crippen LogP contribution in [0, 0.1) is 0 Å². The third kappa shape index (κ3) is 3.42. The van der Waals surface area contributed by atoms with Crippen molar-refractivity contribution in [1.29, 1.82) is 0 Å². The Kier molecular flexibility index (Phi) is 4.73. The number of fused-ring (bicyclic) bond motifs is 2. The summed E-state index contributed by atoms with van der Waals surface area (Å²) < 4.78 is 1.93. The van der Waals surface area contributed by atoms with Crippen LogP contribution in [0.25, 0.3) is 16.8 Å². The zero-order chi connectivity index (χ0) is 20.8. The summed E-state index contributed by atoms with van der Waals surface area (Å²) in [6.07, 6.45) is 10.5. The summed E-state index contributed by atoms with van der Waals surface area (Å²) in [5.74, 6) is 0. The lowest BCUT2D eigenvalue weighted by Gasteiger charge is -2.42. The molecule has 2 aromatic heterocycles. The third-order valence-corrected chi connectivity index (χ3v) is 7.20. The Hall–Kier alpha value is -2.77. The van der Waals surface area contributed by atoms with Gasteiger partial charge in [0.2, 0.25) is 0 Å². The van der Waals surface area contributed by atoms with Gasteiger partial charge in [-0.3, -0.25) is 9.89 Å². The highest BCUT2D eigenvalue weighted by Gasteiger charge is 2.27. The summed E-state index contributed by atoms with van der Waals surface area (Å²) >= 11 is 0. The summed E-state index contributed by atoms with van der Waals surface area (Å²) in [5.41, 5.74) is 6.79. The van der Waals surface area contributed by atoms with Crippen LogP contribution < -0.4 is 4.90 Å². The molecule has 160 valence electrons. The van der Waals surface area contributed by atoms with Gasteiger partial charge in [-0.2, -0.15) is 5.10 Å². The van der Waals surface area contributed by atoms with E-state index >= 15 is 0 Å². The van der Waals surface area contributed by atoms with Crippen LogP contribution in [0.4, 0.5) is 5.69 Å². The molecule has 7 nitrogen and oxygen atoms in total. The molecule has 2 saturated heterocycles. The highest BCUT2D eigenvalue weighted by atomic mass is 15.3. The maximum Gasteiger partial charge on any atom is 0.162 e. The molecule has 0 unspecified atom stereocenters. The Bertz CT molecular complexity index is 1120. The van der Waals surface area contributed by atoms with E-state index in [4.69, 9.17) is 4.98 Å². The van der Waals surface area contributed by atoms with Crippen molar-refractivity contribution in [3.63, 3.8) is 0 Å². The smallest absolute Gasteiger partial charge is 0.162 e. The number of hydrogen-bond acceptors (Lipinski definition) is 6. The molecule has 7 heteroatoms. The van der Waals surface area contributed by atoms with Crippen LogP contribution in [-0.2, 0) is 6.54 Å². The quantitative estimate of drug-likeness (QED) is 0.658. The second-order valence-corrected chi connectivity index (χ2v) is 9.04. The SMILES string of the molecule is CN1CCN(C2CCN(c3cnc4c(-c5cccc6c5C=NC6)cnn4c3)CC2)CC1. The predicted molar refractivity (Wildman–Crippen MR) is 124 cm³/mol. The van der Waals surface area contributed by atoms with Crippen molar-refractivity contribution >= 4 is 17.5 Å². The van der Waals surface area contributed by atoms with E-state index in [2.05, 4.69) is 56.2 Å². The van der Waals surface area contributed by atoms with E-state index in [-0.39, 0.29) is 0 Å². The number of piperazine rings is 1. The Morgan fingerprint density at radius 1 is 0.935 bits per heavy atom. The van der Waals surface area contributed by atoms with Crippen LogP contribution in [0.15, 0.2) is 41.8 Å². The predicted octanol–water partition coefficient (Wildman–Crippen LogP) is 2.55. The number of nitrogens with zero attached hydrogens (tertiary/aromatic N) is 7. The molecule has 0 aliphatic carbocycles. The molecule has 5 heterocycles. The molecule has 0 spiro atoms. The highest BCUT2D eigenvalue weighted by Crippen LogP contribution is 2.31. The van der Waals surface area contributed by atoms with Gasteiger partial charge in [-0.25, -0.2) is 9.50 Å². The lowest BCUT2D eigenvalue weighted by molar-refractivity contribution is 0.0982. The average molecular weight is 416 g/mol. The van der Waals surface area contributed by atoms with E-state index in [1.165, 1.54) is 61.4 Å². The highest BCUT2D eigenvalue weighted by molar-refractivity contribution is 5.96. The Morgan fingerprint density at radius 2 is 1.77 bits per heavy atom. The molecule has 0 bridgehead atoms. The van der Waals surface area contributed by atoms with Gasteiger partial charge in [-0.15, -0.1) is 0 Å². The first-order valence-corrected chi connectivity index (χ1v) is 11.4. The standard InChI is InChI=1S/C24H29N7/c1-28-9-11-30(12-10-28)19-5-7-29(8-6-19)20-14-26-24-23(16-27-31(24)17-20)21-4-2-3-18-13-25-15-22(18)21/h2-4,14-17,19H,5-13H2,1H3. The fourth-order valence-corrected chi connectivity index (χ4v) is 5.27. The summed E-state index contributed by atoms with van der Waals surface area (Å²) in [6.45, 7) is 7.74. The van der Waals surface area contributed by atoms with Gasteiger partial charge in [0.25, 0.3) is 0 Å². The zero-order valence-corrected chi connectivity index (χ0v) is 18.1. The molecule has 3 aliphatic rings. The second-order valence-electron chi connectivity index (χ2n) is 9.04. The number of rotatable bonds is 3. The molecule has 0 N–H and O–H groups in total. The van der Waals surface area contributed by atoms with Crippen molar-refractivity contribution in [2.45, 2.75) is 25.4 Å². The van der Waals surface area contributed by atoms with E-state index in [1.807, 2.05) is 23.1 Å². The van der Waals surface area contributed by atoms with E-state index in [0.29, 0.717) is 0 Å². The first kappa shape index (κ1) is 19.0. The number of aromatic nitrogens is 3. The fourth-order valence-electron chi connectivity index (χ4n) is 5.27. The van der Waals surface area contributed by atoms with Crippen molar-refractivity contribution in [2.24, 2.45) is 4.99 Å². The minimum Gasteiger partial charge on any atom is -0.369 e. The van der Waals surface area contributed by atoms with Gasteiger partial charge in [0, 0.05) is 62.7 Å². The molecule has 3 aliphatic heterocycles. The van der Waals surface area contributed by atoms with E-state index in [0.717, 1.165) is 36.9 Å². The normalized spacial score (nSPS) is 20.6. The van der Waals surface area contributed by atoms with Crippen LogP contribution in [-0.4, -0.2) is 83.0 Å². The van der Waals surface area contributed by atoms with Crippen LogP contribution in [0.1, 0.15) is 24.0 Å². The van der Waals surface area contributed by atoms with Crippen LogP contribution in [0.2, 0.25) is 0 Å². The summed E-state index contributed by atoms with van der Waals surface area (Å²) in [5, 5.41) is 4.64. The van der Waals surface area contributed by atoms with Gasteiger partial charge in [-0.1, -0.05) is 18.2 Å². The van der Waals surface area contributed by atoms with Crippen molar-refractivity contribution < 1.29 is 0 Å². The number of anilines is 1. The van der Waals surface area contributed by atoms with Gasteiger partial charge >= 0.3 is 0 Å². The number of hydrogen-bond donors (Lipinski definition) is 0. The lowest BCUT2D eigenvalue weighted by atomic mass is 9.99. The molecule has 0 radical (unpaired) electrons. The Morgan fingerprint density at radius 3 is 2.61 bits per heavy atom. The van der Waals surface area contributed by atoms with Crippen molar-refractivity contribution in [2.75, 3.05) is 51.2 Å². The van der Waals surface area contributed by atoms with Crippen LogP contribution >= 0.6 is 0 Å². The van der Waals surface area contributed by atoms with Gasteiger partial charge in [0.15, 0.2) is 5.65 Å². The minimum atomic E-state index is 0.722. The molecule has 0 amide bonds. The monoisotopic (exact) mass is 415 g/mol. The lowest BCUT2D eigenvalue weighted by Crippen LogP contribution is -2.52. The first-order chi connectivity index (χ1) is 15.3. The number of benzene rings is 1. The van der Waals surface area contributed by atoms with Crippen molar-refractivity contribution in [1.82, 2.24) is 24.4 Å². The molecular formula is C24H29N7. The van der Waals surface area contributed by atoms with E-state index < -0.39 is 0 Å². The van der Waals surface area contributed by atoms with Gasteiger partial charge in [-0.05, 0) is 31.0 Å². The minimum absolute atomic E-state index is 0.722. The van der Waals surface area contributed by atoms with Crippen LogP contribution in [0.3, 0.4) is 0 Å². The van der Waals surface area contributed by atoms with Crippen molar-refractivity contribution in [3.05, 3.63) is 47.9 Å². The summed E-state index contributed by atoms with van der Waals surface area (Å²) in [7, 11) is 2.22. The maximum absolute atomic E-state index is 4.83. The van der Waals surface area contributed by atoms with Crippen LogP contribution in [0.5, 0.6) is 0 Å². The van der Waals surface area contributed by atoms with E-state index in [1.54, 1.807) is 0 Å². The third-order valence-electron chi connectivity index (χ3n) is 7.20. The molecule has 6 rings (SSSR count).